The molecule has 3 rings (SSSR count). The first-order chi connectivity index (χ1) is 9.95. The lowest BCUT2D eigenvalue weighted by molar-refractivity contribution is 0.374. The predicted octanol–water partition coefficient (Wildman–Crippen LogP) is 2.53. The van der Waals surface area contributed by atoms with E-state index in [1.54, 1.807) is 24.3 Å². The largest absolute Gasteiger partial charge is 0.463 e. The first-order valence-electron chi connectivity index (χ1n) is 6.31. The summed E-state index contributed by atoms with van der Waals surface area (Å²) >= 11 is 0. The van der Waals surface area contributed by atoms with Gasteiger partial charge in [0.15, 0.2) is 0 Å². The fourth-order valence-corrected chi connectivity index (χ4v) is 3.22. The first kappa shape index (κ1) is 13.8. The Balaban J connectivity index is 2.00. The SMILES string of the molecule is CS(=O)(=O)N1N=C(c2ccco2)C[C@H]1c1ccc(F)cc1. The smallest absolute Gasteiger partial charge is 0.247 e. The number of rotatable bonds is 3. The summed E-state index contributed by atoms with van der Waals surface area (Å²) in [4.78, 5) is 0. The molecule has 0 spiro atoms. The van der Waals surface area contributed by atoms with Crippen molar-refractivity contribution in [2.24, 2.45) is 5.10 Å². The fraction of sp³-hybridized carbons (Fsp3) is 0.214. The van der Waals surface area contributed by atoms with Crippen molar-refractivity contribution in [3.8, 4) is 0 Å². The van der Waals surface area contributed by atoms with Gasteiger partial charge >= 0.3 is 0 Å². The summed E-state index contributed by atoms with van der Waals surface area (Å²) in [5.41, 5.74) is 1.24. The number of sulfonamides is 1. The van der Waals surface area contributed by atoms with Gasteiger partial charge in [0.1, 0.15) is 17.3 Å². The minimum atomic E-state index is -3.52. The topological polar surface area (TPSA) is 62.9 Å². The van der Waals surface area contributed by atoms with Gasteiger partial charge in [-0.2, -0.15) is 9.52 Å². The molecule has 110 valence electrons. The summed E-state index contributed by atoms with van der Waals surface area (Å²) in [6.45, 7) is 0. The fourth-order valence-electron chi connectivity index (χ4n) is 2.32. The second-order valence-corrected chi connectivity index (χ2v) is 6.67. The molecule has 2 aromatic rings. The number of hydrogen-bond acceptors (Lipinski definition) is 4. The van der Waals surface area contributed by atoms with Crippen molar-refractivity contribution in [3.63, 3.8) is 0 Å². The van der Waals surface area contributed by atoms with Gasteiger partial charge in [-0.3, -0.25) is 0 Å². The lowest BCUT2D eigenvalue weighted by atomic mass is 10.0. The Morgan fingerprint density at radius 1 is 1.29 bits per heavy atom. The van der Waals surface area contributed by atoms with Crippen molar-refractivity contribution in [1.82, 2.24) is 4.41 Å². The van der Waals surface area contributed by atoms with E-state index in [0.717, 1.165) is 10.7 Å². The van der Waals surface area contributed by atoms with E-state index in [1.165, 1.54) is 18.4 Å². The minimum absolute atomic E-state index is 0.366. The summed E-state index contributed by atoms with van der Waals surface area (Å²) in [5.74, 6) is 0.170. The van der Waals surface area contributed by atoms with Crippen LogP contribution in [-0.2, 0) is 10.0 Å². The van der Waals surface area contributed by atoms with Crippen molar-refractivity contribution in [3.05, 3.63) is 59.8 Å². The maximum atomic E-state index is 13.0. The van der Waals surface area contributed by atoms with Crippen LogP contribution in [-0.4, -0.2) is 24.8 Å². The Morgan fingerprint density at radius 2 is 2.00 bits per heavy atom. The molecule has 1 atom stereocenters. The molecule has 21 heavy (non-hydrogen) atoms. The van der Waals surface area contributed by atoms with E-state index in [4.69, 9.17) is 4.42 Å². The molecule has 5 nitrogen and oxygen atoms in total. The zero-order valence-electron chi connectivity index (χ0n) is 11.2. The maximum absolute atomic E-state index is 13.0. The molecule has 0 fully saturated rings. The highest BCUT2D eigenvalue weighted by Crippen LogP contribution is 2.34. The molecule has 0 aliphatic carbocycles. The van der Waals surface area contributed by atoms with Gasteiger partial charge < -0.3 is 4.42 Å². The van der Waals surface area contributed by atoms with E-state index in [0.29, 0.717) is 23.5 Å². The molecule has 1 aromatic carbocycles. The molecule has 0 unspecified atom stereocenters. The molecule has 0 N–H and O–H groups in total. The quantitative estimate of drug-likeness (QED) is 0.875. The average Bonchev–Trinajstić information content (AvgIpc) is 3.07. The highest BCUT2D eigenvalue weighted by atomic mass is 32.2. The molecule has 2 heterocycles. The average molecular weight is 308 g/mol. The lowest BCUT2D eigenvalue weighted by Gasteiger charge is -2.21. The summed E-state index contributed by atoms with van der Waals surface area (Å²) in [7, 11) is -3.52. The van der Waals surface area contributed by atoms with Gasteiger partial charge in [-0.05, 0) is 29.8 Å². The van der Waals surface area contributed by atoms with E-state index in [2.05, 4.69) is 5.10 Å². The van der Waals surface area contributed by atoms with Crippen LogP contribution in [0.1, 0.15) is 23.8 Å². The molecular formula is C14H13FN2O3S. The van der Waals surface area contributed by atoms with Crippen LogP contribution in [0.25, 0.3) is 0 Å². The van der Waals surface area contributed by atoms with Crippen molar-refractivity contribution < 1.29 is 17.2 Å². The molecule has 0 bridgehead atoms. The molecule has 1 aliphatic rings. The van der Waals surface area contributed by atoms with Gasteiger partial charge in [0.05, 0.1) is 18.6 Å². The predicted molar refractivity (Wildman–Crippen MR) is 75.7 cm³/mol. The molecule has 0 amide bonds. The molecule has 1 aromatic heterocycles. The first-order valence-corrected chi connectivity index (χ1v) is 8.16. The Bertz CT molecular complexity index is 767. The molecular weight excluding hydrogens is 295 g/mol. The van der Waals surface area contributed by atoms with Crippen LogP contribution < -0.4 is 0 Å². The van der Waals surface area contributed by atoms with E-state index in [1.807, 2.05) is 0 Å². The van der Waals surface area contributed by atoms with Gasteiger partial charge in [0.2, 0.25) is 10.0 Å². The number of halogens is 1. The Labute approximate surface area is 121 Å². The van der Waals surface area contributed by atoms with Gasteiger partial charge in [0, 0.05) is 6.42 Å². The van der Waals surface area contributed by atoms with Gasteiger partial charge in [-0.15, -0.1) is 0 Å². The number of benzene rings is 1. The molecule has 0 saturated carbocycles. The van der Waals surface area contributed by atoms with Crippen LogP contribution in [0.5, 0.6) is 0 Å². The zero-order chi connectivity index (χ0) is 15.0. The third kappa shape index (κ3) is 2.69. The summed E-state index contributed by atoms with van der Waals surface area (Å²) in [5, 5.41) is 4.16. The number of furan rings is 1. The molecule has 7 heteroatoms. The normalized spacial score (nSPS) is 18.9. The third-order valence-electron chi connectivity index (χ3n) is 3.27. The van der Waals surface area contributed by atoms with Crippen molar-refractivity contribution in [2.75, 3.05) is 6.26 Å². The molecule has 1 aliphatic heterocycles. The van der Waals surface area contributed by atoms with Crippen LogP contribution in [0.4, 0.5) is 4.39 Å². The number of nitrogens with zero attached hydrogens (tertiary/aromatic N) is 2. The highest BCUT2D eigenvalue weighted by Gasteiger charge is 2.35. The second-order valence-electron chi connectivity index (χ2n) is 4.83. The van der Waals surface area contributed by atoms with Gasteiger partial charge in [-0.1, -0.05) is 12.1 Å². The van der Waals surface area contributed by atoms with Crippen LogP contribution in [0, 0.1) is 5.82 Å². The monoisotopic (exact) mass is 308 g/mol. The summed E-state index contributed by atoms with van der Waals surface area (Å²) in [6.07, 6.45) is 2.98. The Hall–Kier alpha value is -2.15. The number of hydrazone groups is 1. The van der Waals surface area contributed by atoms with Crippen LogP contribution in [0.2, 0.25) is 0 Å². The summed E-state index contributed by atoms with van der Waals surface area (Å²) in [6, 6.07) is 8.71. The number of hydrogen-bond donors (Lipinski definition) is 0. The van der Waals surface area contributed by atoms with Crippen molar-refractivity contribution in [2.45, 2.75) is 12.5 Å². The van der Waals surface area contributed by atoms with E-state index < -0.39 is 16.1 Å². The Morgan fingerprint density at radius 3 is 2.57 bits per heavy atom. The lowest BCUT2D eigenvalue weighted by Crippen LogP contribution is -2.25. The Kier molecular flexibility index (Phi) is 3.29. The van der Waals surface area contributed by atoms with Crippen LogP contribution in [0.15, 0.2) is 52.2 Å². The van der Waals surface area contributed by atoms with Crippen LogP contribution >= 0.6 is 0 Å². The highest BCUT2D eigenvalue weighted by molar-refractivity contribution is 7.88. The van der Waals surface area contributed by atoms with Crippen molar-refractivity contribution in [1.29, 1.82) is 0 Å². The second kappa shape index (κ2) is 5.00. The summed E-state index contributed by atoms with van der Waals surface area (Å²) < 4.78 is 43.2. The molecule has 0 radical (unpaired) electrons. The molecule has 0 saturated heterocycles. The van der Waals surface area contributed by atoms with E-state index in [-0.39, 0.29) is 5.82 Å². The minimum Gasteiger partial charge on any atom is -0.463 e. The van der Waals surface area contributed by atoms with Gasteiger partial charge in [0.25, 0.3) is 0 Å². The van der Waals surface area contributed by atoms with Crippen LogP contribution in [0.3, 0.4) is 0 Å². The maximum Gasteiger partial charge on any atom is 0.247 e. The van der Waals surface area contributed by atoms with E-state index >= 15 is 0 Å². The third-order valence-corrected chi connectivity index (χ3v) is 4.29. The van der Waals surface area contributed by atoms with Gasteiger partial charge in [-0.25, -0.2) is 12.8 Å². The zero-order valence-corrected chi connectivity index (χ0v) is 12.0. The van der Waals surface area contributed by atoms with E-state index in [9.17, 15) is 12.8 Å². The van der Waals surface area contributed by atoms with Crippen molar-refractivity contribution >= 4 is 15.7 Å². The standard InChI is InChI=1S/C14H13FN2O3S/c1-21(18,19)17-13(10-4-6-11(15)7-5-10)9-12(16-17)14-3-2-8-20-14/h2-8,13H,9H2,1H3/t13-/m0/s1.